The molecule has 0 heterocycles. The van der Waals surface area contributed by atoms with Gasteiger partial charge in [0, 0.05) is 4.47 Å². The third kappa shape index (κ3) is 4.96. The molecule has 0 fully saturated rings. The molecule has 0 unspecified atom stereocenters. The maximum absolute atomic E-state index is 12.3. The van der Waals surface area contributed by atoms with Crippen molar-refractivity contribution in [3.8, 4) is 17.2 Å². The molecule has 0 bridgehead atoms. The zero-order valence-corrected chi connectivity index (χ0v) is 16.7. The predicted molar refractivity (Wildman–Crippen MR) is 103 cm³/mol. The minimum absolute atomic E-state index is 0.0157. The summed E-state index contributed by atoms with van der Waals surface area (Å²) in [6.07, 6.45) is 1.45. The fraction of sp³-hybridized carbons (Fsp3) is 0.176. The van der Waals surface area contributed by atoms with Crippen LogP contribution >= 0.6 is 31.9 Å². The Labute approximate surface area is 162 Å². The molecule has 0 aliphatic carbocycles. The van der Waals surface area contributed by atoms with Crippen LogP contribution in [0.5, 0.6) is 17.2 Å². The number of aromatic hydroxyl groups is 1. The van der Waals surface area contributed by atoms with Crippen molar-refractivity contribution >= 4 is 44.0 Å². The van der Waals surface area contributed by atoms with Gasteiger partial charge in [0.25, 0.3) is 5.91 Å². The number of methoxy groups -OCH3 is 1. The molecule has 2 aromatic carbocycles. The lowest BCUT2D eigenvalue weighted by atomic mass is 10.2. The molecule has 6 nitrogen and oxygen atoms in total. The van der Waals surface area contributed by atoms with Gasteiger partial charge in [-0.2, -0.15) is 5.10 Å². The summed E-state index contributed by atoms with van der Waals surface area (Å²) in [5.41, 5.74) is 3.45. The van der Waals surface area contributed by atoms with Gasteiger partial charge in [0.2, 0.25) is 0 Å². The number of rotatable bonds is 6. The highest BCUT2D eigenvalue weighted by molar-refractivity contribution is 9.10. The molecule has 0 atom stereocenters. The number of benzene rings is 2. The molecule has 25 heavy (non-hydrogen) atoms. The molecule has 0 aliphatic heterocycles. The normalized spacial score (nSPS) is 10.7. The van der Waals surface area contributed by atoms with E-state index < -0.39 is 5.91 Å². The van der Waals surface area contributed by atoms with Gasteiger partial charge in [-0.3, -0.25) is 4.79 Å². The predicted octanol–water partition coefficient (Wildman–Crippen LogP) is 4.09. The van der Waals surface area contributed by atoms with E-state index in [1.165, 1.54) is 13.3 Å². The van der Waals surface area contributed by atoms with Crippen LogP contribution < -0.4 is 14.9 Å². The number of nitrogens with one attached hydrogen (secondary N) is 1. The SMILES string of the molecule is CCOc1cc(/C=N\NC(=O)c2cc(Br)ccc2OC)cc(Br)c1O. The number of nitrogens with zero attached hydrogens (tertiary/aromatic N) is 1. The lowest BCUT2D eigenvalue weighted by Gasteiger charge is -2.09. The standard InChI is InChI=1S/C17H16Br2N2O4/c1-3-25-15-7-10(6-13(19)16(15)22)9-20-21-17(23)12-8-11(18)4-5-14(12)24-2/h4-9,22H,3H2,1-2H3,(H,21,23)/b20-9-. The third-order valence-electron chi connectivity index (χ3n) is 3.14. The minimum atomic E-state index is -0.405. The number of carbonyl (C=O) groups is 1. The molecular formula is C17H16Br2N2O4. The van der Waals surface area contributed by atoms with Crippen molar-refractivity contribution in [2.24, 2.45) is 5.10 Å². The van der Waals surface area contributed by atoms with Gasteiger partial charge < -0.3 is 14.6 Å². The number of ether oxygens (including phenoxy) is 2. The summed E-state index contributed by atoms with van der Waals surface area (Å²) in [4.78, 5) is 12.3. The van der Waals surface area contributed by atoms with Gasteiger partial charge >= 0.3 is 0 Å². The molecule has 0 aromatic heterocycles. The Kier molecular flexibility index (Phi) is 6.83. The van der Waals surface area contributed by atoms with Crippen LogP contribution in [-0.2, 0) is 0 Å². The van der Waals surface area contributed by atoms with Crippen molar-refractivity contribution in [1.82, 2.24) is 5.43 Å². The smallest absolute Gasteiger partial charge is 0.275 e. The highest BCUT2D eigenvalue weighted by Gasteiger charge is 2.12. The first-order valence-corrected chi connectivity index (χ1v) is 8.87. The highest BCUT2D eigenvalue weighted by atomic mass is 79.9. The molecule has 0 radical (unpaired) electrons. The summed E-state index contributed by atoms with van der Waals surface area (Å²) in [5, 5.41) is 13.8. The van der Waals surface area contributed by atoms with E-state index in [0.717, 1.165) is 4.47 Å². The van der Waals surface area contributed by atoms with Crippen LogP contribution in [0.4, 0.5) is 0 Å². The molecule has 2 rings (SSSR count). The molecular weight excluding hydrogens is 456 g/mol. The monoisotopic (exact) mass is 470 g/mol. The van der Waals surface area contributed by atoms with Gasteiger partial charge in [0.15, 0.2) is 11.5 Å². The summed E-state index contributed by atoms with van der Waals surface area (Å²) >= 11 is 6.57. The second-order valence-corrected chi connectivity index (χ2v) is 6.60. The molecule has 0 aliphatic rings. The van der Waals surface area contributed by atoms with Gasteiger partial charge in [-0.1, -0.05) is 15.9 Å². The van der Waals surface area contributed by atoms with Crippen molar-refractivity contribution in [1.29, 1.82) is 0 Å². The molecule has 0 spiro atoms. The fourth-order valence-corrected chi connectivity index (χ4v) is 2.84. The first kappa shape index (κ1) is 19.3. The van der Waals surface area contributed by atoms with Crippen LogP contribution in [0.2, 0.25) is 0 Å². The number of hydrogen-bond acceptors (Lipinski definition) is 5. The molecule has 0 saturated heterocycles. The second kappa shape index (κ2) is 8.87. The van der Waals surface area contributed by atoms with E-state index in [1.54, 1.807) is 30.3 Å². The summed E-state index contributed by atoms with van der Waals surface area (Å²) in [7, 11) is 1.49. The first-order valence-electron chi connectivity index (χ1n) is 7.28. The van der Waals surface area contributed by atoms with Crippen LogP contribution in [0.3, 0.4) is 0 Å². The minimum Gasteiger partial charge on any atom is -0.503 e. The van der Waals surface area contributed by atoms with E-state index >= 15 is 0 Å². The summed E-state index contributed by atoms with van der Waals surface area (Å²) in [6.45, 7) is 2.24. The molecule has 8 heteroatoms. The summed E-state index contributed by atoms with van der Waals surface area (Å²) in [6, 6.07) is 8.40. The third-order valence-corrected chi connectivity index (χ3v) is 4.23. The van der Waals surface area contributed by atoms with Crippen LogP contribution in [0.25, 0.3) is 0 Å². The Bertz CT molecular complexity index is 809. The Morgan fingerprint density at radius 3 is 2.72 bits per heavy atom. The molecule has 1 amide bonds. The topological polar surface area (TPSA) is 80.2 Å². The maximum Gasteiger partial charge on any atom is 0.275 e. The zero-order chi connectivity index (χ0) is 18.4. The highest BCUT2D eigenvalue weighted by Crippen LogP contribution is 2.35. The van der Waals surface area contributed by atoms with Gasteiger partial charge in [-0.25, -0.2) is 5.43 Å². The summed E-state index contributed by atoms with van der Waals surface area (Å²) < 4.78 is 11.7. The lowest BCUT2D eigenvalue weighted by molar-refractivity contribution is 0.0952. The van der Waals surface area contributed by atoms with Crippen LogP contribution in [0.15, 0.2) is 44.4 Å². The Morgan fingerprint density at radius 2 is 2.04 bits per heavy atom. The van der Waals surface area contributed by atoms with E-state index in [4.69, 9.17) is 9.47 Å². The Balaban J connectivity index is 2.16. The van der Waals surface area contributed by atoms with E-state index in [0.29, 0.717) is 33.7 Å². The number of carbonyl (C=O) groups excluding carboxylic acids is 1. The van der Waals surface area contributed by atoms with Gasteiger partial charge in [0.05, 0.1) is 30.0 Å². The number of amides is 1. The van der Waals surface area contributed by atoms with Crippen molar-refractivity contribution < 1.29 is 19.4 Å². The largest absolute Gasteiger partial charge is 0.503 e. The van der Waals surface area contributed by atoms with Crippen LogP contribution in [0.1, 0.15) is 22.8 Å². The van der Waals surface area contributed by atoms with Crippen LogP contribution in [0, 0.1) is 0 Å². The Morgan fingerprint density at radius 1 is 1.28 bits per heavy atom. The number of phenols is 1. The molecule has 2 N–H and O–H groups in total. The average Bonchev–Trinajstić information content (AvgIpc) is 2.59. The van der Waals surface area contributed by atoms with Gasteiger partial charge in [0.1, 0.15) is 5.75 Å². The number of halogens is 2. The molecule has 132 valence electrons. The van der Waals surface area contributed by atoms with Crippen molar-refractivity contribution in [3.05, 3.63) is 50.4 Å². The van der Waals surface area contributed by atoms with E-state index in [1.807, 2.05) is 6.92 Å². The molecule has 2 aromatic rings. The number of hydrogen-bond donors (Lipinski definition) is 2. The Hall–Kier alpha value is -2.06. The van der Waals surface area contributed by atoms with E-state index in [-0.39, 0.29) is 5.75 Å². The van der Waals surface area contributed by atoms with Crippen LogP contribution in [-0.4, -0.2) is 30.9 Å². The fourth-order valence-electron chi connectivity index (χ4n) is 2.02. The first-order chi connectivity index (χ1) is 12.0. The average molecular weight is 472 g/mol. The van der Waals surface area contributed by atoms with E-state index in [9.17, 15) is 9.90 Å². The van der Waals surface area contributed by atoms with Gasteiger partial charge in [-0.15, -0.1) is 0 Å². The van der Waals surface area contributed by atoms with Crippen molar-refractivity contribution in [3.63, 3.8) is 0 Å². The zero-order valence-electron chi connectivity index (χ0n) is 13.5. The number of hydrazone groups is 1. The van der Waals surface area contributed by atoms with Crippen molar-refractivity contribution in [2.45, 2.75) is 6.92 Å². The number of phenolic OH excluding ortho intramolecular Hbond substituents is 1. The van der Waals surface area contributed by atoms with E-state index in [2.05, 4.69) is 42.4 Å². The quantitative estimate of drug-likeness (QED) is 0.491. The lowest BCUT2D eigenvalue weighted by Crippen LogP contribution is -2.18. The van der Waals surface area contributed by atoms with Crippen molar-refractivity contribution in [2.75, 3.05) is 13.7 Å². The summed E-state index contributed by atoms with van der Waals surface area (Å²) in [5.74, 6) is 0.388. The maximum atomic E-state index is 12.3. The second-order valence-electron chi connectivity index (χ2n) is 4.83. The molecule has 0 saturated carbocycles. The van der Waals surface area contributed by atoms with Gasteiger partial charge in [-0.05, 0) is 58.7 Å².